The van der Waals surface area contributed by atoms with Crippen LogP contribution in [-0.2, 0) is 4.79 Å². The van der Waals surface area contributed by atoms with Gasteiger partial charge in [0.2, 0.25) is 11.8 Å². The number of carboxylic acids is 1. The predicted octanol–water partition coefficient (Wildman–Crippen LogP) is 5.20. The van der Waals surface area contributed by atoms with Gasteiger partial charge in [-0.1, -0.05) is 48.7 Å². The largest absolute Gasteiger partial charge is 0.478 e. The van der Waals surface area contributed by atoms with Crippen LogP contribution in [0.4, 0.5) is 5.69 Å². The van der Waals surface area contributed by atoms with E-state index < -0.39 is 5.97 Å². The number of aliphatic carboxylic acids is 1. The number of carboxylic acid groups (broad SMARTS) is 1. The number of benzene rings is 2. The van der Waals surface area contributed by atoms with Gasteiger partial charge >= 0.3 is 5.97 Å². The molecule has 148 valence electrons. The van der Waals surface area contributed by atoms with Gasteiger partial charge in [-0.3, -0.25) is 0 Å². The summed E-state index contributed by atoms with van der Waals surface area (Å²) in [5.74, 6) is 0.364. The molecule has 0 saturated heterocycles. The fourth-order valence-corrected chi connectivity index (χ4v) is 2.85. The summed E-state index contributed by atoms with van der Waals surface area (Å²) >= 11 is 4.06. The maximum atomic E-state index is 11.7. The molecule has 0 aliphatic rings. The molecule has 2 aromatic carbocycles. The van der Waals surface area contributed by atoms with Gasteiger partial charge in [-0.2, -0.15) is 0 Å². The Hall–Kier alpha value is -3.52. The van der Waals surface area contributed by atoms with E-state index in [2.05, 4.69) is 27.5 Å². The van der Waals surface area contributed by atoms with Gasteiger partial charge in [-0.15, -0.1) is 0 Å². The van der Waals surface area contributed by atoms with Crippen molar-refractivity contribution in [2.45, 2.75) is 13.8 Å². The number of nitrogens with zero attached hydrogens (tertiary/aromatic N) is 2. The predicted molar refractivity (Wildman–Crippen MR) is 114 cm³/mol. The molecule has 0 spiro atoms. The number of thiol groups is 1. The summed E-state index contributed by atoms with van der Waals surface area (Å²) in [6.07, 6.45) is 1.31. The minimum atomic E-state index is -1.02. The highest BCUT2D eigenvalue weighted by atomic mass is 32.1. The van der Waals surface area contributed by atoms with Crippen molar-refractivity contribution in [1.29, 1.82) is 0 Å². The molecule has 1 heterocycles. The van der Waals surface area contributed by atoms with E-state index in [-0.39, 0.29) is 17.3 Å². The lowest BCUT2D eigenvalue weighted by molar-refractivity contribution is -0.130. The quantitative estimate of drug-likeness (QED) is 0.365. The zero-order valence-electron chi connectivity index (χ0n) is 15.8. The van der Waals surface area contributed by atoms with Crippen molar-refractivity contribution in [1.82, 2.24) is 9.97 Å². The molecule has 0 fully saturated rings. The Bertz CT molecular complexity index is 1070. The lowest BCUT2D eigenvalue weighted by Gasteiger charge is -2.13. The molecule has 3 aromatic rings. The zero-order valence-corrected chi connectivity index (χ0v) is 16.7. The highest BCUT2D eigenvalue weighted by Crippen LogP contribution is 2.33. The first kappa shape index (κ1) is 20.2. The Labute approximate surface area is 173 Å². The summed E-state index contributed by atoms with van der Waals surface area (Å²) in [6.45, 7) is 3.48. The summed E-state index contributed by atoms with van der Waals surface area (Å²) < 4.78 is 14.4. The average molecular weight is 409 g/mol. The molecular formula is C21H19N3O4S. The van der Waals surface area contributed by atoms with Crippen molar-refractivity contribution < 1.29 is 19.4 Å². The number of aromatic nitrogens is 2. The molecule has 3 rings (SSSR count). The first-order valence-electron chi connectivity index (χ1n) is 8.66. The second-order valence-corrected chi connectivity index (χ2v) is 6.41. The molecule has 0 aliphatic carbocycles. The molecule has 0 bridgehead atoms. The molecule has 0 amide bonds. The van der Waals surface area contributed by atoms with Gasteiger partial charge in [0, 0.05) is 5.56 Å². The average Bonchev–Trinajstić information content (AvgIpc) is 2.69. The molecule has 0 aliphatic heterocycles. The highest BCUT2D eigenvalue weighted by molar-refractivity contribution is 7.81. The Kier molecular flexibility index (Phi) is 6.36. The molecule has 7 nitrogen and oxygen atoms in total. The van der Waals surface area contributed by atoms with Gasteiger partial charge in [0.1, 0.15) is 12.1 Å². The summed E-state index contributed by atoms with van der Waals surface area (Å²) in [5.41, 5.74) is 1.98. The SMILES string of the molecule is CC(C)=C(C(=O)O)c1ccccc1Oc1cc(Oc2ccccc2NS)ncn1. The monoisotopic (exact) mass is 409 g/mol. The second-order valence-electron chi connectivity index (χ2n) is 6.18. The molecule has 8 heteroatoms. The van der Waals surface area contributed by atoms with Crippen molar-refractivity contribution in [3.63, 3.8) is 0 Å². The Morgan fingerprint density at radius 1 is 0.966 bits per heavy atom. The van der Waals surface area contributed by atoms with Crippen LogP contribution < -0.4 is 14.2 Å². The standard InChI is InChI=1S/C21H19N3O4S/c1-13(2)20(21(25)26)14-7-3-5-9-16(14)27-18-11-19(23-12-22-18)28-17-10-6-4-8-15(17)24-29/h3-12,24,29H,1-2H3,(H,25,26). The number of nitrogens with one attached hydrogen (secondary N) is 1. The van der Waals surface area contributed by atoms with Crippen molar-refractivity contribution in [3.8, 4) is 23.3 Å². The number of para-hydroxylation sites is 3. The van der Waals surface area contributed by atoms with Crippen LogP contribution in [0.15, 0.2) is 66.5 Å². The Morgan fingerprint density at radius 3 is 2.17 bits per heavy atom. The molecular weight excluding hydrogens is 390 g/mol. The first-order valence-corrected chi connectivity index (χ1v) is 9.11. The lowest BCUT2D eigenvalue weighted by atomic mass is 10.0. The Morgan fingerprint density at radius 2 is 1.55 bits per heavy atom. The smallest absolute Gasteiger partial charge is 0.336 e. The van der Waals surface area contributed by atoms with Crippen LogP contribution in [0.25, 0.3) is 5.57 Å². The van der Waals surface area contributed by atoms with E-state index in [1.165, 1.54) is 12.4 Å². The lowest BCUT2D eigenvalue weighted by Crippen LogP contribution is -2.04. The molecule has 1 aromatic heterocycles. The van der Waals surface area contributed by atoms with Crippen molar-refractivity contribution in [2.75, 3.05) is 4.72 Å². The highest BCUT2D eigenvalue weighted by Gasteiger charge is 2.18. The van der Waals surface area contributed by atoms with E-state index in [0.29, 0.717) is 28.3 Å². The molecule has 0 radical (unpaired) electrons. The summed E-state index contributed by atoms with van der Waals surface area (Å²) in [7, 11) is 0. The number of carbonyl (C=O) groups is 1. The molecule has 0 unspecified atom stereocenters. The maximum absolute atomic E-state index is 11.7. The number of anilines is 1. The van der Waals surface area contributed by atoms with Crippen molar-refractivity contribution in [2.24, 2.45) is 0 Å². The van der Waals surface area contributed by atoms with E-state index in [9.17, 15) is 9.90 Å². The van der Waals surface area contributed by atoms with Gasteiger partial charge in [-0.25, -0.2) is 14.8 Å². The van der Waals surface area contributed by atoms with Crippen LogP contribution in [0.1, 0.15) is 19.4 Å². The Balaban J connectivity index is 1.90. The van der Waals surface area contributed by atoms with Gasteiger partial charge in [0.25, 0.3) is 0 Å². The van der Waals surface area contributed by atoms with Crippen molar-refractivity contribution in [3.05, 3.63) is 72.1 Å². The number of ether oxygens (including phenoxy) is 2. The van der Waals surface area contributed by atoms with Crippen LogP contribution in [0, 0.1) is 0 Å². The summed E-state index contributed by atoms with van der Waals surface area (Å²) in [5, 5.41) is 9.57. The number of allylic oxidation sites excluding steroid dienone is 1. The van der Waals surface area contributed by atoms with Crippen LogP contribution in [-0.4, -0.2) is 21.0 Å². The van der Waals surface area contributed by atoms with E-state index >= 15 is 0 Å². The van der Waals surface area contributed by atoms with E-state index in [1.807, 2.05) is 18.2 Å². The third-order valence-corrected chi connectivity index (χ3v) is 4.16. The van der Waals surface area contributed by atoms with Gasteiger partial charge in [0.15, 0.2) is 5.75 Å². The minimum absolute atomic E-state index is 0.180. The second kappa shape index (κ2) is 9.11. The maximum Gasteiger partial charge on any atom is 0.336 e. The minimum Gasteiger partial charge on any atom is -0.478 e. The van der Waals surface area contributed by atoms with Gasteiger partial charge in [0.05, 0.1) is 17.3 Å². The van der Waals surface area contributed by atoms with E-state index in [1.54, 1.807) is 44.2 Å². The summed E-state index contributed by atoms with van der Waals surface area (Å²) in [6, 6.07) is 15.7. The van der Waals surface area contributed by atoms with Gasteiger partial charge < -0.3 is 19.3 Å². The van der Waals surface area contributed by atoms with Crippen LogP contribution >= 0.6 is 12.8 Å². The number of hydrogen-bond acceptors (Lipinski definition) is 7. The van der Waals surface area contributed by atoms with E-state index in [0.717, 1.165) is 0 Å². The van der Waals surface area contributed by atoms with Crippen LogP contribution in [0.2, 0.25) is 0 Å². The molecule has 2 N–H and O–H groups in total. The topological polar surface area (TPSA) is 93.6 Å². The van der Waals surface area contributed by atoms with Crippen molar-refractivity contribution >= 4 is 30.0 Å². The van der Waals surface area contributed by atoms with E-state index in [4.69, 9.17) is 9.47 Å². The molecule has 29 heavy (non-hydrogen) atoms. The fourth-order valence-electron chi connectivity index (χ4n) is 2.67. The summed E-state index contributed by atoms with van der Waals surface area (Å²) in [4.78, 5) is 19.9. The molecule has 0 saturated carbocycles. The van der Waals surface area contributed by atoms with Gasteiger partial charge in [-0.05, 0) is 32.0 Å². The third-order valence-electron chi connectivity index (χ3n) is 3.92. The number of hydrogen-bond donors (Lipinski definition) is 3. The van der Waals surface area contributed by atoms with Crippen LogP contribution in [0.5, 0.6) is 23.3 Å². The molecule has 0 atom stereocenters. The number of rotatable bonds is 7. The fraction of sp³-hybridized carbons (Fsp3) is 0.0952. The normalized spacial score (nSPS) is 10.2. The van der Waals surface area contributed by atoms with Crippen LogP contribution in [0.3, 0.4) is 0 Å². The third kappa shape index (κ3) is 4.85. The first-order chi connectivity index (χ1) is 14.0. The zero-order chi connectivity index (χ0) is 20.8.